The third-order valence-electron chi connectivity index (χ3n) is 3.25. The fraction of sp³-hybridized carbons (Fsp3) is 0.267. The first kappa shape index (κ1) is 9.59. The van der Waals surface area contributed by atoms with E-state index in [1.807, 2.05) is 6.07 Å². The van der Waals surface area contributed by atoms with Crippen molar-refractivity contribution in [3.63, 3.8) is 0 Å². The van der Waals surface area contributed by atoms with Crippen LogP contribution in [0.25, 0.3) is 11.3 Å². The number of aromatic nitrogens is 1. The van der Waals surface area contributed by atoms with Gasteiger partial charge in [0.05, 0.1) is 5.69 Å². The topological polar surface area (TPSA) is 12.9 Å². The molecule has 1 heterocycles. The molecule has 1 atom stereocenters. The summed E-state index contributed by atoms with van der Waals surface area (Å²) in [5, 5.41) is 0. The normalized spacial score (nSPS) is 18.4. The largest absolute Gasteiger partial charge is 0.253 e. The lowest BCUT2D eigenvalue weighted by Gasteiger charge is -2.03. The molecule has 0 amide bonds. The summed E-state index contributed by atoms with van der Waals surface area (Å²) in [5.74, 6) is 0.758. The molecule has 1 aromatic carbocycles. The van der Waals surface area contributed by atoms with Crippen LogP contribution in [0.3, 0.4) is 0 Å². The highest BCUT2D eigenvalue weighted by molar-refractivity contribution is 5.59. The Morgan fingerprint density at radius 3 is 2.62 bits per heavy atom. The Morgan fingerprint density at radius 2 is 1.81 bits per heavy atom. The zero-order chi connectivity index (χ0) is 11.0. The summed E-state index contributed by atoms with van der Waals surface area (Å²) >= 11 is 0. The molecule has 0 aliphatic heterocycles. The van der Waals surface area contributed by atoms with Crippen LogP contribution in [-0.2, 0) is 12.8 Å². The molecule has 0 N–H and O–H groups in total. The van der Waals surface area contributed by atoms with Crippen molar-refractivity contribution >= 4 is 0 Å². The van der Waals surface area contributed by atoms with Gasteiger partial charge in [0.15, 0.2) is 0 Å². The predicted octanol–water partition coefficient (Wildman–Crippen LogP) is 3.48. The zero-order valence-corrected chi connectivity index (χ0v) is 9.48. The summed E-state index contributed by atoms with van der Waals surface area (Å²) < 4.78 is 0. The molecule has 0 saturated heterocycles. The number of benzene rings is 1. The Labute approximate surface area is 96.2 Å². The first-order valence-electron chi connectivity index (χ1n) is 5.87. The minimum absolute atomic E-state index is 0.758. The summed E-state index contributed by atoms with van der Waals surface area (Å²) in [6.07, 6.45) is 2.33. The van der Waals surface area contributed by atoms with Gasteiger partial charge in [-0.1, -0.05) is 43.3 Å². The lowest BCUT2D eigenvalue weighted by Crippen LogP contribution is -1.92. The summed E-state index contributed by atoms with van der Waals surface area (Å²) in [6.45, 7) is 2.30. The maximum Gasteiger partial charge on any atom is 0.0705 e. The average Bonchev–Trinajstić information content (AvgIpc) is 2.69. The lowest BCUT2D eigenvalue weighted by atomic mass is 10.1. The smallest absolute Gasteiger partial charge is 0.0705 e. The van der Waals surface area contributed by atoms with Crippen LogP contribution in [0.2, 0.25) is 0 Å². The molecule has 0 bridgehead atoms. The van der Waals surface area contributed by atoms with Crippen LogP contribution in [0.5, 0.6) is 0 Å². The molecule has 1 aliphatic carbocycles. The molecule has 0 fully saturated rings. The fourth-order valence-electron chi connectivity index (χ4n) is 2.44. The highest BCUT2D eigenvalue weighted by Crippen LogP contribution is 2.27. The van der Waals surface area contributed by atoms with Crippen LogP contribution in [-0.4, -0.2) is 4.98 Å². The van der Waals surface area contributed by atoms with Gasteiger partial charge >= 0.3 is 0 Å². The highest BCUT2D eigenvalue weighted by atomic mass is 14.7. The van der Waals surface area contributed by atoms with Crippen LogP contribution in [0, 0.1) is 5.92 Å². The summed E-state index contributed by atoms with van der Waals surface area (Å²) in [5.41, 5.74) is 5.05. The average molecular weight is 209 g/mol. The van der Waals surface area contributed by atoms with Crippen LogP contribution in [0.1, 0.15) is 18.2 Å². The van der Waals surface area contributed by atoms with Crippen molar-refractivity contribution in [2.24, 2.45) is 5.92 Å². The first-order valence-corrected chi connectivity index (χ1v) is 5.87. The van der Waals surface area contributed by atoms with Crippen molar-refractivity contribution in [1.29, 1.82) is 0 Å². The van der Waals surface area contributed by atoms with Crippen molar-refractivity contribution in [3.8, 4) is 11.3 Å². The fourth-order valence-corrected chi connectivity index (χ4v) is 2.44. The molecule has 1 heteroatoms. The van der Waals surface area contributed by atoms with E-state index >= 15 is 0 Å². The molecular weight excluding hydrogens is 194 g/mol. The monoisotopic (exact) mass is 209 g/mol. The number of nitrogens with zero attached hydrogens (tertiary/aromatic N) is 1. The third-order valence-corrected chi connectivity index (χ3v) is 3.25. The van der Waals surface area contributed by atoms with Gasteiger partial charge in [0.2, 0.25) is 0 Å². The van der Waals surface area contributed by atoms with Crippen LogP contribution < -0.4 is 0 Å². The van der Waals surface area contributed by atoms with E-state index in [2.05, 4.69) is 43.3 Å². The van der Waals surface area contributed by atoms with Gasteiger partial charge in [-0.25, -0.2) is 0 Å². The molecule has 3 rings (SSSR count). The minimum atomic E-state index is 0.758. The molecule has 0 saturated carbocycles. The number of pyridine rings is 1. The number of fused-ring (bicyclic) bond motifs is 1. The number of hydrogen-bond donors (Lipinski definition) is 0. The first-order chi connectivity index (χ1) is 7.83. The van der Waals surface area contributed by atoms with Gasteiger partial charge in [0.1, 0.15) is 0 Å². The van der Waals surface area contributed by atoms with Gasteiger partial charge in [-0.3, -0.25) is 4.98 Å². The summed E-state index contributed by atoms with van der Waals surface area (Å²) in [4.78, 5) is 4.77. The predicted molar refractivity (Wildman–Crippen MR) is 66.2 cm³/mol. The van der Waals surface area contributed by atoms with Crippen LogP contribution >= 0.6 is 0 Å². The summed E-state index contributed by atoms with van der Waals surface area (Å²) in [7, 11) is 0. The van der Waals surface area contributed by atoms with Crippen LogP contribution in [0.4, 0.5) is 0 Å². The van der Waals surface area contributed by atoms with Gasteiger partial charge in [0.25, 0.3) is 0 Å². The Balaban J connectivity index is 2.03. The third kappa shape index (κ3) is 1.63. The standard InChI is InChI=1S/C15H15N/c1-11-9-13-7-8-14(16-15(13)10-11)12-5-3-2-4-6-12/h2-8,11H,9-10H2,1H3. The quantitative estimate of drug-likeness (QED) is 0.700. The van der Waals surface area contributed by atoms with E-state index in [4.69, 9.17) is 4.98 Å². The molecule has 80 valence electrons. The summed E-state index contributed by atoms with van der Waals surface area (Å²) in [6, 6.07) is 14.8. The maximum atomic E-state index is 4.77. The SMILES string of the molecule is CC1Cc2ccc(-c3ccccc3)nc2C1. The second-order valence-corrected chi connectivity index (χ2v) is 4.68. The molecule has 16 heavy (non-hydrogen) atoms. The zero-order valence-electron chi connectivity index (χ0n) is 9.48. The molecule has 0 radical (unpaired) electrons. The lowest BCUT2D eigenvalue weighted by molar-refractivity contribution is 0.624. The molecule has 0 spiro atoms. The van der Waals surface area contributed by atoms with Gasteiger partial charge < -0.3 is 0 Å². The van der Waals surface area contributed by atoms with Crippen molar-refractivity contribution in [2.45, 2.75) is 19.8 Å². The van der Waals surface area contributed by atoms with E-state index in [1.165, 1.54) is 23.2 Å². The van der Waals surface area contributed by atoms with E-state index in [-0.39, 0.29) is 0 Å². The molecule has 1 aromatic heterocycles. The Morgan fingerprint density at radius 1 is 1.00 bits per heavy atom. The van der Waals surface area contributed by atoms with Gasteiger partial charge in [-0.2, -0.15) is 0 Å². The van der Waals surface area contributed by atoms with Gasteiger partial charge in [-0.15, -0.1) is 0 Å². The van der Waals surface area contributed by atoms with Gasteiger partial charge in [-0.05, 0) is 30.4 Å². The van der Waals surface area contributed by atoms with E-state index in [0.717, 1.165) is 18.0 Å². The van der Waals surface area contributed by atoms with E-state index < -0.39 is 0 Å². The second-order valence-electron chi connectivity index (χ2n) is 4.68. The number of rotatable bonds is 1. The molecule has 1 aliphatic rings. The second kappa shape index (κ2) is 3.75. The van der Waals surface area contributed by atoms with E-state index in [0.29, 0.717) is 0 Å². The number of hydrogen-bond acceptors (Lipinski definition) is 1. The van der Waals surface area contributed by atoms with Crippen molar-refractivity contribution in [1.82, 2.24) is 4.98 Å². The van der Waals surface area contributed by atoms with E-state index in [9.17, 15) is 0 Å². The highest BCUT2D eigenvalue weighted by Gasteiger charge is 2.19. The van der Waals surface area contributed by atoms with Crippen LogP contribution in [0.15, 0.2) is 42.5 Å². The molecule has 1 nitrogen and oxygen atoms in total. The molecular formula is C15H15N. The Kier molecular flexibility index (Phi) is 2.24. The maximum absolute atomic E-state index is 4.77. The van der Waals surface area contributed by atoms with Crippen molar-refractivity contribution in [2.75, 3.05) is 0 Å². The van der Waals surface area contributed by atoms with Crippen molar-refractivity contribution < 1.29 is 0 Å². The molecule has 2 aromatic rings. The van der Waals surface area contributed by atoms with E-state index in [1.54, 1.807) is 0 Å². The Hall–Kier alpha value is -1.63. The van der Waals surface area contributed by atoms with Crippen molar-refractivity contribution in [3.05, 3.63) is 53.7 Å². The Bertz CT molecular complexity index is 502. The van der Waals surface area contributed by atoms with Gasteiger partial charge in [0, 0.05) is 11.3 Å². The molecule has 1 unspecified atom stereocenters. The minimum Gasteiger partial charge on any atom is -0.253 e.